The predicted octanol–water partition coefficient (Wildman–Crippen LogP) is 0.874. The number of hydrogen-bond donors (Lipinski definition) is 0. The van der Waals surface area contributed by atoms with Gasteiger partial charge in [0.25, 0.3) is 0 Å². The monoisotopic (exact) mass is 384 g/mol. The average molecular weight is 384 g/mol. The molecule has 0 heterocycles. The summed E-state index contributed by atoms with van der Waals surface area (Å²) in [6, 6.07) is 0. The summed E-state index contributed by atoms with van der Waals surface area (Å²) < 4.78 is 20.0. The second-order valence-electron chi connectivity index (χ2n) is 4.70. The van der Waals surface area contributed by atoms with Crippen LogP contribution in [0, 0.1) is 0 Å². The van der Waals surface area contributed by atoms with Gasteiger partial charge < -0.3 is 18.9 Å². The van der Waals surface area contributed by atoms with Gasteiger partial charge in [0.2, 0.25) is 12.2 Å². The van der Waals surface area contributed by atoms with Gasteiger partial charge in [-0.05, 0) is 13.8 Å². The van der Waals surface area contributed by atoms with E-state index in [0.29, 0.717) is 37.6 Å². The third-order valence-corrected chi connectivity index (χ3v) is 2.26. The zero-order chi connectivity index (χ0) is 20.9. The maximum atomic E-state index is 11.0. The first kappa shape index (κ1) is 26.3. The summed E-state index contributed by atoms with van der Waals surface area (Å²) in [5.74, 6) is -0.853. The van der Waals surface area contributed by atoms with E-state index in [1.165, 1.54) is 12.2 Å². The Morgan fingerprint density at radius 2 is 1.07 bits per heavy atom. The van der Waals surface area contributed by atoms with Crippen LogP contribution in [-0.2, 0) is 38.1 Å². The normalized spacial score (nSPS) is 8.81. The van der Waals surface area contributed by atoms with Crippen LogP contribution in [0.15, 0.2) is 34.3 Å². The lowest BCUT2D eigenvalue weighted by Crippen LogP contribution is -2.15. The van der Waals surface area contributed by atoms with Gasteiger partial charge in [0.15, 0.2) is 6.67 Å². The van der Waals surface area contributed by atoms with E-state index in [4.69, 9.17) is 18.9 Å². The van der Waals surface area contributed by atoms with Gasteiger partial charge in [-0.3, -0.25) is 0 Å². The molecule has 0 spiro atoms. The number of isocyanates is 2. The number of carbonyl (C=O) groups excluding carboxylic acids is 4. The highest BCUT2D eigenvalue weighted by Gasteiger charge is 2.03. The Bertz CT molecular complexity index is 525. The van der Waals surface area contributed by atoms with E-state index < -0.39 is 11.9 Å². The van der Waals surface area contributed by atoms with Crippen molar-refractivity contribution in [1.29, 1.82) is 0 Å². The molecule has 0 N–H and O–H groups in total. The van der Waals surface area contributed by atoms with Crippen molar-refractivity contribution in [2.75, 3.05) is 46.3 Å². The van der Waals surface area contributed by atoms with Crippen molar-refractivity contribution in [3.63, 3.8) is 0 Å². The molecule has 0 aromatic rings. The summed E-state index contributed by atoms with van der Waals surface area (Å²) >= 11 is 0. The van der Waals surface area contributed by atoms with Crippen molar-refractivity contribution >= 4 is 24.1 Å². The molecule has 27 heavy (non-hydrogen) atoms. The largest absolute Gasteiger partial charge is 0.460 e. The van der Waals surface area contributed by atoms with Crippen LogP contribution < -0.4 is 0 Å². The number of rotatable bonds is 13. The maximum absolute atomic E-state index is 11.0. The van der Waals surface area contributed by atoms with Crippen LogP contribution in [0.2, 0.25) is 0 Å². The molecule has 10 nitrogen and oxygen atoms in total. The highest BCUT2D eigenvalue weighted by molar-refractivity contribution is 5.87. The summed E-state index contributed by atoms with van der Waals surface area (Å²) in [6.45, 7) is 11.6. The molecule has 0 rings (SSSR count). The van der Waals surface area contributed by atoms with Crippen molar-refractivity contribution in [1.82, 2.24) is 0 Å². The molecule has 0 atom stereocenters. The number of carbonyl (C=O) groups is 2. The second kappa shape index (κ2) is 19.4. The van der Waals surface area contributed by atoms with E-state index in [-0.39, 0.29) is 19.9 Å². The molecular formula is C17H24N2O8. The van der Waals surface area contributed by atoms with Gasteiger partial charge in [0, 0.05) is 11.1 Å². The Balaban J connectivity index is 0. The number of esters is 2. The molecule has 0 aliphatic carbocycles. The Hall–Kier alpha value is -2.90. The van der Waals surface area contributed by atoms with Crippen LogP contribution in [-0.4, -0.2) is 70.4 Å². The van der Waals surface area contributed by atoms with Crippen LogP contribution in [0.1, 0.15) is 13.8 Å². The van der Waals surface area contributed by atoms with Crippen LogP contribution in [0.4, 0.5) is 0 Å². The minimum atomic E-state index is -0.427. The summed E-state index contributed by atoms with van der Waals surface area (Å²) in [7, 11) is 0. The van der Waals surface area contributed by atoms with Gasteiger partial charge in [0.05, 0.1) is 26.4 Å². The molecule has 0 aromatic carbocycles. The van der Waals surface area contributed by atoms with Crippen LogP contribution in [0.5, 0.6) is 0 Å². The Kier molecular flexibility index (Phi) is 18.9. The van der Waals surface area contributed by atoms with E-state index in [9.17, 15) is 19.2 Å². The third kappa shape index (κ3) is 21.1. The summed E-state index contributed by atoms with van der Waals surface area (Å²) in [5, 5.41) is 0. The summed E-state index contributed by atoms with van der Waals surface area (Å²) in [4.78, 5) is 46.3. The maximum Gasteiger partial charge on any atom is 0.333 e. The van der Waals surface area contributed by atoms with E-state index in [2.05, 4.69) is 23.1 Å². The quantitative estimate of drug-likeness (QED) is 0.150. The first-order chi connectivity index (χ1) is 12.9. The van der Waals surface area contributed by atoms with Crippen LogP contribution in [0.3, 0.4) is 0 Å². The predicted molar refractivity (Wildman–Crippen MR) is 94.3 cm³/mol. The van der Waals surface area contributed by atoms with E-state index in [1.54, 1.807) is 13.8 Å². The average Bonchev–Trinajstić information content (AvgIpc) is 2.63. The van der Waals surface area contributed by atoms with E-state index >= 15 is 0 Å². The number of nitrogens with zero attached hydrogens (tertiary/aromatic N) is 2. The smallest absolute Gasteiger partial charge is 0.333 e. The van der Waals surface area contributed by atoms with Crippen molar-refractivity contribution in [2.24, 2.45) is 9.98 Å². The topological polar surface area (TPSA) is 130 Å². The molecule has 0 aliphatic heterocycles. The zero-order valence-corrected chi connectivity index (χ0v) is 15.5. The highest BCUT2D eigenvalue weighted by Crippen LogP contribution is 1.92. The summed E-state index contributed by atoms with van der Waals surface area (Å²) in [6.07, 6.45) is 2.41. The molecule has 0 radical (unpaired) electrons. The fraction of sp³-hybridized carbons (Fsp3) is 0.529. The van der Waals surface area contributed by atoms with E-state index in [1.807, 2.05) is 0 Å². The Labute approximate surface area is 157 Å². The highest BCUT2D eigenvalue weighted by atomic mass is 16.6. The van der Waals surface area contributed by atoms with E-state index in [0.717, 1.165) is 0 Å². The summed E-state index contributed by atoms with van der Waals surface area (Å²) in [5.41, 5.74) is 0.718. The first-order valence-corrected chi connectivity index (χ1v) is 7.74. The molecule has 0 unspecified atom stereocenters. The van der Waals surface area contributed by atoms with Crippen LogP contribution in [0.25, 0.3) is 0 Å². The second-order valence-corrected chi connectivity index (χ2v) is 4.70. The Morgan fingerprint density at radius 1 is 0.741 bits per heavy atom. The lowest BCUT2D eigenvalue weighted by atomic mass is 10.4. The molecule has 0 bridgehead atoms. The zero-order valence-electron chi connectivity index (χ0n) is 15.5. The minimum Gasteiger partial charge on any atom is -0.460 e. The fourth-order valence-electron chi connectivity index (χ4n) is 1.05. The molecule has 0 amide bonds. The van der Waals surface area contributed by atoms with Crippen molar-refractivity contribution in [3.8, 4) is 0 Å². The van der Waals surface area contributed by atoms with Crippen molar-refractivity contribution in [3.05, 3.63) is 24.3 Å². The third-order valence-electron chi connectivity index (χ3n) is 2.26. The lowest BCUT2D eigenvalue weighted by Gasteiger charge is -2.07. The standard InChI is InChI=1S/C14H22O6.C3H2N2O2/c1-11(2)13(15)19-9-7-17-5-6-18-8-10-20-14(16)12(3)4;6-2-4-1-5-3-7/h1,3,5-10H2,2,4H3;1H2. The number of ether oxygens (including phenoxy) is 4. The minimum absolute atomic E-state index is 0.160. The molecule has 0 saturated carbocycles. The molecule has 0 aliphatic rings. The van der Waals surface area contributed by atoms with Gasteiger partial charge in [-0.2, -0.15) is 9.98 Å². The molecule has 0 aromatic heterocycles. The fourth-order valence-corrected chi connectivity index (χ4v) is 1.05. The van der Waals surface area contributed by atoms with Crippen LogP contribution >= 0.6 is 0 Å². The number of aliphatic imine (C=N–C) groups is 2. The first-order valence-electron chi connectivity index (χ1n) is 7.74. The molecule has 10 heteroatoms. The van der Waals surface area contributed by atoms with Crippen molar-refractivity contribution in [2.45, 2.75) is 13.8 Å². The molecular weight excluding hydrogens is 360 g/mol. The molecule has 150 valence electrons. The van der Waals surface area contributed by atoms with Gasteiger partial charge >= 0.3 is 11.9 Å². The van der Waals surface area contributed by atoms with Gasteiger partial charge in [0.1, 0.15) is 13.2 Å². The lowest BCUT2D eigenvalue weighted by molar-refractivity contribution is -0.142. The molecule has 0 saturated heterocycles. The van der Waals surface area contributed by atoms with Crippen molar-refractivity contribution < 1.29 is 38.1 Å². The van der Waals surface area contributed by atoms with Gasteiger partial charge in [-0.15, -0.1) is 0 Å². The molecule has 0 fully saturated rings. The Morgan fingerprint density at radius 3 is 1.37 bits per heavy atom. The van der Waals surface area contributed by atoms with Gasteiger partial charge in [-0.1, -0.05) is 13.2 Å². The SMILES string of the molecule is C=C(C)C(=O)OCCOCCOCCOC(=O)C(=C)C.O=C=NCN=C=O. The van der Waals surface area contributed by atoms with Gasteiger partial charge in [-0.25, -0.2) is 19.2 Å². The number of hydrogen-bond acceptors (Lipinski definition) is 10.